The van der Waals surface area contributed by atoms with Crippen molar-refractivity contribution in [2.75, 3.05) is 5.73 Å². The quantitative estimate of drug-likeness (QED) is 0.438. The van der Waals surface area contributed by atoms with E-state index < -0.39 is 36.4 Å². The van der Waals surface area contributed by atoms with Crippen LogP contribution in [-0.2, 0) is 4.74 Å². The molecule has 3 aromatic rings. The minimum absolute atomic E-state index is 0.156. The van der Waals surface area contributed by atoms with E-state index in [0.29, 0.717) is 22.3 Å². The molecule has 0 amide bonds. The number of carbonyl (C=O) groups excluding carboxylic acids is 1. The van der Waals surface area contributed by atoms with E-state index in [4.69, 9.17) is 10.5 Å². The lowest BCUT2D eigenvalue weighted by atomic mass is 9.95. The van der Waals surface area contributed by atoms with Crippen molar-refractivity contribution in [3.63, 3.8) is 0 Å². The van der Waals surface area contributed by atoms with E-state index >= 15 is 0 Å². The number of aryl methyl sites for hydroxylation is 1. The average molecular weight is 385 g/mol. The maximum atomic E-state index is 12.7. The van der Waals surface area contributed by atoms with E-state index in [-0.39, 0.29) is 5.82 Å². The molecule has 0 bridgehead atoms. The first-order chi connectivity index (χ1) is 13.4. The van der Waals surface area contributed by atoms with E-state index in [0.717, 1.165) is 0 Å². The van der Waals surface area contributed by atoms with Crippen molar-refractivity contribution in [2.45, 2.75) is 37.6 Å². The highest BCUT2D eigenvalue weighted by atomic mass is 16.6. The van der Waals surface area contributed by atoms with Gasteiger partial charge >= 0.3 is 0 Å². The van der Waals surface area contributed by atoms with Gasteiger partial charge in [0, 0.05) is 5.56 Å². The second kappa shape index (κ2) is 6.91. The second-order valence-electron chi connectivity index (χ2n) is 6.68. The van der Waals surface area contributed by atoms with Gasteiger partial charge in [-0.3, -0.25) is 9.36 Å². The Labute approximate surface area is 159 Å². The highest BCUT2D eigenvalue weighted by Crippen LogP contribution is 2.34. The maximum absolute atomic E-state index is 12.7. The zero-order valence-corrected chi connectivity index (χ0v) is 14.9. The lowest BCUT2D eigenvalue weighted by Crippen LogP contribution is -2.43. The molecule has 0 aliphatic carbocycles. The van der Waals surface area contributed by atoms with E-state index in [9.17, 15) is 20.1 Å². The van der Waals surface area contributed by atoms with Crippen molar-refractivity contribution in [1.82, 2.24) is 19.5 Å². The van der Waals surface area contributed by atoms with Gasteiger partial charge in [-0.05, 0) is 12.5 Å². The van der Waals surface area contributed by atoms with E-state index in [1.807, 2.05) is 0 Å². The number of ether oxygens (including phenoxy) is 1. The first-order valence-corrected chi connectivity index (χ1v) is 8.62. The summed E-state index contributed by atoms with van der Waals surface area (Å²) in [5, 5.41) is 31.4. The Bertz CT molecular complexity index is 1040. The third-order valence-corrected chi connectivity index (χ3v) is 4.93. The largest absolute Gasteiger partial charge is 0.387 e. The first kappa shape index (κ1) is 18.4. The fraction of sp³-hybridized carbons (Fsp3) is 0.333. The molecule has 4 rings (SSSR count). The monoisotopic (exact) mass is 385 g/mol. The molecule has 1 aliphatic rings. The van der Waals surface area contributed by atoms with Gasteiger partial charge in [-0.1, -0.05) is 24.3 Å². The zero-order chi connectivity index (χ0) is 20.0. The van der Waals surface area contributed by atoms with Crippen molar-refractivity contribution < 1.29 is 24.9 Å². The summed E-state index contributed by atoms with van der Waals surface area (Å²) < 4.78 is 7.05. The van der Waals surface area contributed by atoms with Gasteiger partial charge in [-0.15, -0.1) is 0 Å². The van der Waals surface area contributed by atoms with Crippen molar-refractivity contribution in [1.29, 1.82) is 0 Å². The van der Waals surface area contributed by atoms with Gasteiger partial charge in [0.25, 0.3) is 0 Å². The lowest BCUT2D eigenvalue weighted by Gasteiger charge is -2.20. The molecule has 1 saturated heterocycles. The van der Waals surface area contributed by atoms with Crippen LogP contribution in [0.3, 0.4) is 0 Å². The van der Waals surface area contributed by atoms with Crippen LogP contribution in [0.2, 0.25) is 0 Å². The fourth-order valence-electron chi connectivity index (χ4n) is 3.39. The van der Waals surface area contributed by atoms with Gasteiger partial charge in [0.15, 0.2) is 23.5 Å². The molecule has 10 heteroatoms. The Hall–Kier alpha value is -2.92. The molecule has 1 aliphatic heterocycles. The number of aliphatic hydroxyl groups is 3. The number of anilines is 1. The van der Waals surface area contributed by atoms with Crippen LogP contribution in [0.25, 0.3) is 11.2 Å². The summed E-state index contributed by atoms with van der Waals surface area (Å²) in [6, 6.07) is 6.78. The third-order valence-electron chi connectivity index (χ3n) is 4.93. The van der Waals surface area contributed by atoms with Crippen molar-refractivity contribution in [3.05, 3.63) is 48.0 Å². The minimum Gasteiger partial charge on any atom is -0.387 e. The predicted molar refractivity (Wildman–Crippen MR) is 97.2 cm³/mol. The molecule has 0 spiro atoms. The molecule has 0 radical (unpaired) electrons. The summed E-state index contributed by atoms with van der Waals surface area (Å²) in [5.74, 6) is -0.444. The highest BCUT2D eigenvalue weighted by molar-refractivity contribution is 6.01. The molecule has 2 aromatic heterocycles. The van der Waals surface area contributed by atoms with Crippen LogP contribution in [0.15, 0.2) is 36.9 Å². The predicted octanol–water partition coefficient (Wildman–Crippen LogP) is -0.420. The molecular formula is C18H19N5O5. The van der Waals surface area contributed by atoms with Crippen molar-refractivity contribution in [2.24, 2.45) is 0 Å². The molecule has 5 N–H and O–H groups in total. The number of ketones is 1. The van der Waals surface area contributed by atoms with Gasteiger partial charge in [-0.2, -0.15) is 0 Å². The minimum atomic E-state index is -1.66. The number of nitrogens with zero attached hydrogens (tertiary/aromatic N) is 4. The van der Waals surface area contributed by atoms with Gasteiger partial charge in [-0.25, -0.2) is 15.0 Å². The summed E-state index contributed by atoms with van der Waals surface area (Å²) in [6.07, 6.45) is -4.44. The molecule has 146 valence electrons. The lowest BCUT2D eigenvalue weighted by molar-refractivity contribution is -0.0725. The number of benzene rings is 1. The topological polar surface area (TPSA) is 157 Å². The number of imidazole rings is 1. The molecule has 1 aromatic carbocycles. The molecule has 1 fully saturated rings. The molecule has 0 saturated carbocycles. The number of aliphatic hydroxyl groups excluding tert-OH is 3. The van der Waals surface area contributed by atoms with Gasteiger partial charge < -0.3 is 25.8 Å². The van der Waals surface area contributed by atoms with Gasteiger partial charge in [0.2, 0.25) is 0 Å². The second-order valence-corrected chi connectivity index (χ2v) is 6.68. The normalized spacial score (nSPS) is 25.9. The average Bonchev–Trinajstić information content (AvgIpc) is 3.24. The van der Waals surface area contributed by atoms with Crippen molar-refractivity contribution >= 4 is 22.8 Å². The maximum Gasteiger partial charge on any atom is 0.194 e. The molecular weight excluding hydrogens is 366 g/mol. The number of nitrogens with two attached hydrogens (primary N) is 1. The SMILES string of the molecule is Cc1ccccc1C(=O)C(O)[C@H]1O[C@@H](n2cnc3c(N)ncnc32)[C@H](O)[C@@H]1O. The number of fused-ring (bicyclic) bond motifs is 1. The fourth-order valence-corrected chi connectivity index (χ4v) is 3.39. The van der Waals surface area contributed by atoms with Crippen LogP contribution in [-0.4, -0.2) is 65.0 Å². The number of hydrogen-bond acceptors (Lipinski definition) is 9. The van der Waals surface area contributed by atoms with Crippen LogP contribution in [0.5, 0.6) is 0 Å². The molecule has 10 nitrogen and oxygen atoms in total. The molecule has 3 heterocycles. The Morgan fingerprint density at radius 3 is 2.71 bits per heavy atom. The Morgan fingerprint density at radius 1 is 1.21 bits per heavy atom. The third kappa shape index (κ3) is 2.83. The van der Waals surface area contributed by atoms with Gasteiger partial charge in [0.1, 0.15) is 36.3 Å². The Balaban J connectivity index is 1.63. The number of rotatable bonds is 4. The zero-order valence-electron chi connectivity index (χ0n) is 14.9. The van der Waals surface area contributed by atoms with E-state index in [1.54, 1.807) is 31.2 Å². The number of hydrogen-bond donors (Lipinski definition) is 4. The first-order valence-electron chi connectivity index (χ1n) is 8.62. The Kier molecular flexibility index (Phi) is 4.55. The standard InChI is InChI=1S/C18H19N5O5/c1-8-4-2-3-5-9(8)11(24)12(25)15-13(26)14(27)18(28-15)23-7-22-10-16(19)20-6-21-17(10)23/h2-7,12-15,18,25-27H,1H3,(H2,19,20,21)/t12?,13-,14+,15+,18+/m0/s1. The summed E-state index contributed by atoms with van der Waals surface area (Å²) in [7, 11) is 0. The molecule has 1 unspecified atom stereocenters. The summed E-state index contributed by atoms with van der Waals surface area (Å²) in [4.78, 5) is 24.7. The van der Waals surface area contributed by atoms with Gasteiger partial charge in [0.05, 0.1) is 6.33 Å². The van der Waals surface area contributed by atoms with Crippen LogP contribution >= 0.6 is 0 Å². The molecule has 5 atom stereocenters. The smallest absolute Gasteiger partial charge is 0.194 e. The number of carbonyl (C=O) groups is 1. The number of Topliss-reactive ketones (excluding diaryl/α,β-unsaturated/α-hetero) is 1. The van der Waals surface area contributed by atoms with Crippen LogP contribution < -0.4 is 5.73 Å². The summed E-state index contributed by atoms with van der Waals surface area (Å²) in [6.45, 7) is 1.74. The van der Waals surface area contributed by atoms with Crippen LogP contribution in [0.4, 0.5) is 5.82 Å². The van der Waals surface area contributed by atoms with Crippen LogP contribution in [0, 0.1) is 6.92 Å². The highest BCUT2D eigenvalue weighted by Gasteiger charge is 2.49. The number of aromatic nitrogens is 4. The summed E-state index contributed by atoms with van der Waals surface area (Å²) >= 11 is 0. The molecule has 28 heavy (non-hydrogen) atoms. The summed E-state index contributed by atoms with van der Waals surface area (Å²) in [5.41, 5.74) is 7.37. The van der Waals surface area contributed by atoms with Crippen molar-refractivity contribution in [3.8, 4) is 0 Å². The Morgan fingerprint density at radius 2 is 1.96 bits per heavy atom. The number of nitrogen functional groups attached to an aromatic ring is 1. The van der Waals surface area contributed by atoms with E-state index in [2.05, 4.69) is 15.0 Å². The van der Waals surface area contributed by atoms with E-state index in [1.165, 1.54) is 17.2 Å². The van der Waals surface area contributed by atoms with Crippen LogP contribution in [0.1, 0.15) is 22.1 Å².